The van der Waals surface area contributed by atoms with Crippen LogP contribution in [0.3, 0.4) is 0 Å². The molecule has 1 heterocycles. The lowest BCUT2D eigenvalue weighted by Crippen LogP contribution is -2.00. The number of anilines is 2. The molecule has 0 unspecified atom stereocenters. The van der Waals surface area contributed by atoms with Crippen molar-refractivity contribution in [2.45, 2.75) is 13.8 Å². The summed E-state index contributed by atoms with van der Waals surface area (Å²) in [4.78, 5) is 4.70. The maximum atomic E-state index is 5.65. The van der Waals surface area contributed by atoms with Crippen molar-refractivity contribution in [3.63, 3.8) is 0 Å². The van der Waals surface area contributed by atoms with Gasteiger partial charge in [0.2, 0.25) is 0 Å². The predicted molar refractivity (Wildman–Crippen MR) is 87.4 cm³/mol. The highest BCUT2D eigenvalue weighted by Crippen LogP contribution is 2.29. The Morgan fingerprint density at radius 3 is 2.67 bits per heavy atom. The van der Waals surface area contributed by atoms with Crippen LogP contribution in [0.15, 0.2) is 54.6 Å². The fourth-order valence-corrected chi connectivity index (χ4v) is 2.33. The third-order valence-corrected chi connectivity index (χ3v) is 3.35. The molecule has 3 heteroatoms. The maximum Gasteiger partial charge on any atom is 0.142 e. The number of pyridine rings is 1. The Kier molecular flexibility index (Phi) is 3.73. The molecule has 0 fully saturated rings. The highest BCUT2D eigenvalue weighted by atomic mass is 16.5. The van der Waals surface area contributed by atoms with E-state index < -0.39 is 0 Å². The maximum absolute atomic E-state index is 5.65. The smallest absolute Gasteiger partial charge is 0.142 e. The second kappa shape index (κ2) is 5.83. The van der Waals surface area contributed by atoms with Crippen LogP contribution in [0.2, 0.25) is 0 Å². The summed E-state index contributed by atoms with van der Waals surface area (Å²) < 4.78 is 5.65. The first-order valence-corrected chi connectivity index (χ1v) is 7.13. The van der Waals surface area contributed by atoms with E-state index in [1.54, 1.807) is 0 Å². The Morgan fingerprint density at radius 2 is 1.81 bits per heavy atom. The Morgan fingerprint density at radius 1 is 1.05 bits per heavy atom. The zero-order chi connectivity index (χ0) is 14.7. The monoisotopic (exact) mass is 278 g/mol. The summed E-state index contributed by atoms with van der Waals surface area (Å²) in [6, 6.07) is 18.2. The minimum Gasteiger partial charge on any atom is -0.492 e. The average molecular weight is 278 g/mol. The van der Waals surface area contributed by atoms with Gasteiger partial charge in [-0.15, -0.1) is 0 Å². The molecule has 0 saturated carbocycles. The quantitative estimate of drug-likeness (QED) is 0.752. The number of benzene rings is 2. The Hall–Kier alpha value is -2.55. The largest absolute Gasteiger partial charge is 0.492 e. The van der Waals surface area contributed by atoms with Crippen LogP contribution in [0.25, 0.3) is 10.9 Å². The first-order valence-electron chi connectivity index (χ1n) is 7.13. The zero-order valence-electron chi connectivity index (χ0n) is 12.3. The SMILES string of the molecule is CCOc1ccccc1Nc1nc2ccccc2cc1C. The van der Waals surface area contributed by atoms with Crippen LogP contribution < -0.4 is 10.1 Å². The van der Waals surface area contributed by atoms with Crippen molar-refractivity contribution in [3.8, 4) is 5.75 Å². The second-order valence-corrected chi connectivity index (χ2v) is 4.90. The first kappa shape index (κ1) is 13.4. The van der Waals surface area contributed by atoms with Gasteiger partial charge in [-0.3, -0.25) is 0 Å². The fourth-order valence-electron chi connectivity index (χ4n) is 2.33. The van der Waals surface area contributed by atoms with Gasteiger partial charge in [0, 0.05) is 5.39 Å². The van der Waals surface area contributed by atoms with Gasteiger partial charge in [0.25, 0.3) is 0 Å². The van der Waals surface area contributed by atoms with Gasteiger partial charge in [-0.25, -0.2) is 4.98 Å². The van der Waals surface area contributed by atoms with Crippen LogP contribution in [0.5, 0.6) is 5.75 Å². The van der Waals surface area contributed by atoms with E-state index in [2.05, 4.69) is 24.4 Å². The molecule has 0 saturated heterocycles. The zero-order valence-corrected chi connectivity index (χ0v) is 12.3. The van der Waals surface area contributed by atoms with E-state index in [0.717, 1.165) is 33.7 Å². The van der Waals surface area contributed by atoms with E-state index in [1.165, 1.54) is 0 Å². The molecule has 106 valence electrons. The average Bonchev–Trinajstić information content (AvgIpc) is 2.50. The van der Waals surface area contributed by atoms with Gasteiger partial charge in [0.1, 0.15) is 11.6 Å². The van der Waals surface area contributed by atoms with E-state index in [1.807, 2.05) is 49.4 Å². The molecular formula is C18H18N2O. The van der Waals surface area contributed by atoms with Crippen LogP contribution in [-0.2, 0) is 0 Å². The van der Waals surface area contributed by atoms with E-state index in [4.69, 9.17) is 9.72 Å². The summed E-state index contributed by atoms with van der Waals surface area (Å²) in [6.07, 6.45) is 0. The van der Waals surface area contributed by atoms with Crippen LogP contribution in [-0.4, -0.2) is 11.6 Å². The van der Waals surface area contributed by atoms with Crippen LogP contribution >= 0.6 is 0 Å². The van der Waals surface area contributed by atoms with E-state index in [9.17, 15) is 0 Å². The number of hydrogen-bond donors (Lipinski definition) is 1. The van der Waals surface area contributed by atoms with Gasteiger partial charge in [-0.1, -0.05) is 30.3 Å². The number of hydrogen-bond acceptors (Lipinski definition) is 3. The summed E-state index contributed by atoms with van der Waals surface area (Å²) in [6.45, 7) is 4.68. The minimum absolute atomic E-state index is 0.642. The number of fused-ring (bicyclic) bond motifs is 1. The third kappa shape index (κ3) is 2.82. The Balaban J connectivity index is 2.00. The van der Waals surface area contributed by atoms with E-state index in [0.29, 0.717) is 6.61 Å². The lowest BCUT2D eigenvalue weighted by atomic mass is 10.1. The second-order valence-electron chi connectivity index (χ2n) is 4.90. The van der Waals surface area contributed by atoms with Crippen molar-refractivity contribution < 1.29 is 4.74 Å². The molecule has 0 spiro atoms. The van der Waals surface area contributed by atoms with E-state index in [-0.39, 0.29) is 0 Å². The number of aryl methyl sites for hydroxylation is 1. The molecule has 0 bridgehead atoms. The van der Waals surface area contributed by atoms with Crippen LogP contribution in [0.1, 0.15) is 12.5 Å². The van der Waals surface area contributed by atoms with Crippen molar-refractivity contribution in [1.29, 1.82) is 0 Å². The van der Waals surface area contributed by atoms with Crippen LogP contribution in [0.4, 0.5) is 11.5 Å². The molecule has 0 aliphatic carbocycles. The molecule has 2 aromatic carbocycles. The Labute approximate surface area is 124 Å². The number of rotatable bonds is 4. The van der Waals surface area contributed by atoms with Gasteiger partial charge in [0.05, 0.1) is 17.8 Å². The number of aromatic nitrogens is 1. The molecule has 1 N–H and O–H groups in total. The highest BCUT2D eigenvalue weighted by molar-refractivity contribution is 5.82. The number of ether oxygens (including phenoxy) is 1. The van der Waals surface area contributed by atoms with Crippen LogP contribution in [0, 0.1) is 6.92 Å². The molecule has 1 aromatic heterocycles. The molecule has 21 heavy (non-hydrogen) atoms. The molecule has 3 nitrogen and oxygen atoms in total. The van der Waals surface area contributed by atoms with Crippen molar-refractivity contribution in [2.24, 2.45) is 0 Å². The summed E-state index contributed by atoms with van der Waals surface area (Å²) in [5.74, 6) is 1.70. The fraction of sp³-hybridized carbons (Fsp3) is 0.167. The lowest BCUT2D eigenvalue weighted by molar-refractivity contribution is 0.342. The summed E-state index contributed by atoms with van der Waals surface area (Å²) in [7, 11) is 0. The molecule has 3 rings (SSSR count). The number of nitrogens with zero attached hydrogens (tertiary/aromatic N) is 1. The predicted octanol–water partition coefficient (Wildman–Crippen LogP) is 4.69. The number of nitrogens with one attached hydrogen (secondary N) is 1. The van der Waals surface area contributed by atoms with Crippen molar-refractivity contribution >= 4 is 22.4 Å². The van der Waals surface area contributed by atoms with Gasteiger partial charge < -0.3 is 10.1 Å². The summed E-state index contributed by atoms with van der Waals surface area (Å²) in [5.41, 5.74) is 3.03. The van der Waals surface area contributed by atoms with Crippen molar-refractivity contribution in [2.75, 3.05) is 11.9 Å². The van der Waals surface area contributed by atoms with Gasteiger partial charge in [0.15, 0.2) is 0 Å². The summed E-state index contributed by atoms with van der Waals surface area (Å²) >= 11 is 0. The standard InChI is InChI=1S/C18H18N2O/c1-3-21-17-11-7-6-10-16(17)20-18-13(2)12-14-8-4-5-9-15(14)19-18/h4-12H,3H2,1-2H3,(H,19,20). The molecule has 0 radical (unpaired) electrons. The Bertz CT molecular complexity index is 768. The normalized spacial score (nSPS) is 10.6. The third-order valence-electron chi connectivity index (χ3n) is 3.35. The molecule has 0 aliphatic rings. The summed E-state index contributed by atoms with van der Waals surface area (Å²) in [5, 5.41) is 4.53. The topological polar surface area (TPSA) is 34.1 Å². The van der Waals surface area contributed by atoms with Gasteiger partial charge >= 0.3 is 0 Å². The van der Waals surface area contributed by atoms with Gasteiger partial charge in [-0.2, -0.15) is 0 Å². The van der Waals surface area contributed by atoms with Gasteiger partial charge in [-0.05, 0) is 43.7 Å². The molecule has 0 amide bonds. The lowest BCUT2D eigenvalue weighted by Gasteiger charge is -2.13. The first-order chi connectivity index (χ1) is 10.3. The molecule has 0 atom stereocenters. The highest BCUT2D eigenvalue weighted by Gasteiger charge is 2.07. The molecule has 3 aromatic rings. The number of para-hydroxylation sites is 3. The molecular weight excluding hydrogens is 260 g/mol. The van der Waals surface area contributed by atoms with Crippen molar-refractivity contribution in [1.82, 2.24) is 4.98 Å². The van der Waals surface area contributed by atoms with E-state index >= 15 is 0 Å². The van der Waals surface area contributed by atoms with Crippen molar-refractivity contribution in [3.05, 3.63) is 60.2 Å². The molecule has 0 aliphatic heterocycles. The minimum atomic E-state index is 0.642.